The normalized spacial score (nSPS) is 9.95. The number of methoxy groups -OCH3 is 1. The molecule has 1 aromatic heterocycles. The number of nitrogens with one attached hydrogen (secondary N) is 2. The lowest BCUT2D eigenvalue weighted by atomic mass is 10.2. The van der Waals surface area contributed by atoms with Gasteiger partial charge in [-0.2, -0.15) is 0 Å². The Kier molecular flexibility index (Phi) is 5.58. The van der Waals surface area contributed by atoms with Crippen LogP contribution in [0, 0.1) is 0 Å². The SMILES string of the molecule is COc1ccc(CNC(=O)NCCc2ccccn2)cc1. The molecule has 110 valence electrons. The summed E-state index contributed by atoms with van der Waals surface area (Å²) >= 11 is 0. The van der Waals surface area contributed by atoms with Crippen molar-refractivity contribution in [1.82, 2.24) is 15.6 Å². The lowest BCUT2D eigenvalue weighted by Crippen LogP contribution is -2.36. The van der Waals surface area contributed by atoms with Crippen LogP contribution in [0.1, 0.15) is 11.3 Å². The van der Waals surface area contributed by atoms with E-state index >= 15 is 0 Å². The maximum absolute atomic E-state index is 11.7. The summed E-state index contributed by atoms with van der Waals surface area (Å²) < 4.78 is 5.08. The molecule has 2 amide bonds. The van der Waals surface area contributed by atoms with E-state index in [1.807, 2.05) is 42.5 Å². The first-order chi connectivity index (χ1) is 10.3. The van der Waals surface area contributed by atoms with Crippen LogP contribution in [-0.2, 0) is 13.0 Å². The molecule has 0 radical (unpaired) electrons. The van der Waals surface area contributed by atoms with E-state index < -0.39 is 0 Å². The molecule has 2 aromatic rings. The molecule has 2 N–H and O–H groups in total. The molecule has 0 saturated heterocycles. The largest absolute Gasteiger partial charge is 0.497 e. The molecule has 5 nitrogen and oxygen atoms in total. The monoisotopic (exact) mass is 285 g/mol. The Morgan fingerprint density at radius 3 is 2.62 bits per heavy atom. The molecular formula is C16H19N3O2. The van der Waals surface area contributed by atoms with Gasteiger partial charge >= 0.3 is 6.03 Å². The Morgan fingerprint density at radius 2 is 1.95 bits per heavy atom. The minimum atomic E-state index is -0.179. The van der Waals surface area contributed by atoms with Crippen molar-refractivity contribution >= 4 is 6.03 Å². The number of hydrogen-bond donors (Lipinski definition) is 2. The smallest absolute Gasteiger partial charge is 0.315 e. The van der Waals surface area contributed by atoms with Crippen LogP contribution in [0.15, 0.2) is 48.7 Å². The van der Waals surface area contributed by atoms with Crippen LogP contribution in [0.25, 0.3) is 0 Å². The van der Waals surface area contributed by atoms with Gasteiger partial charge in [0.05, 0.1) is 7.11 Å². The molecule has 0 bridgehead atoms. The number of carbonyl (C=O) groups excluding carboxylic acids is 1. The Balaban J connectivity index is 1.67. The number of benzene rings is 1. The van der Waals surface area contributed by atoms with Gasteiger partial charge in [-0.3, -0.25) is 4.98 Å². The first-order valence-electron chi connectivity index (χ1n) is 6.82. The van der Waals surface area contributed by atoms with Crippen molar-refractivity contribution in [3.05, 3.63) is 59.9 Å². The second-order valence-electron chi connectivity index (χ2n) is 4.53. The van der Waals surface area contributed by atoms with Crippen LogP contribution in [0.3, 0.4) is 0 Å². The minimum Gasteiger partial charge on any atom is -0.497 e. The van der Waals surface area contributed by atoms with Gasteiger partial charge in [0.1, 0.15) is 5.75 Å². The molecule has 1 aromatic carbocycles. The Labute approximate surface area is 124 Å². The lowest BCUT2D eigenvalue weighted by Gasteiger charge is -2.08. The number of urea groups is 1. The summed E-state index contributed by atoms with van der Waals surface area (Å²) in [5.74, 6) is 0.804. The zero-order chi connectivity index (χ0) is 14.9. The van der Waals surface area contributed by atoms with E-state index in [9.17, 15) is 4.79 Å². The molecule has 0 spiro atoms. The van der Waals surface area contributed by atoms with Gasteiger partial charge in [0.15, 0.2) is 0 Å². The van der Waals surface area contributed by atoms with Gasteiger partial charge in [-0.15, -0.1) is 0 Å². The molecule has 0 unspecified atom stereocenters. The highest BCUT2D eigenvalue weighted by atomic mass is 16.5. The number of aromatic nitrogens is 1. The van der Waals surface area contributed by atoms with Crippen molar-refractivity contribution in [1.29, 1.82) is 0 Å². The lowest BCUT2D eigenvalue weighted by molar-refractivity contribution is 0.240. The fraction of sp³-hybridized carbons (Fsp3) is 0.250. The van der Waals surface area contributed by atoms with Crippen molar-refractivity contribution in [3.8, 4) is 5.75 Å². The number of hydrogen-bond acceptors (Lipinski definition) is 3. The predicted octanol–water partition coefficient (Wildman–Crippen LogP) is 2.13. The third-order valence-corrected chi connectivity index (χ3v) is 3.00. The number of ether oxygens (including phenoxy) is 1. The molecule has 0 atom stereocenters. The number of amides is 2. The molecular weight excluding hydrogens is 266 g/mol. The maximum Gasteiger partial charge on any atom is 0.315 e. The molecule has 1 heterocycles. The summed E-state index contributed by atoms with van der Waals surface area (Å²) in [6.45, 7) is 1.05. The van der Waals surface area contributed by atoms with Crippen molar-refractivity contribution in [2.75, 3.05) is 13.7 Å². The standard InChI is InChI=1S/C16H19N3O2/c1-21-15-7-5-13(6-8-15)12-19-16(20)18-11-9-14-4-2-3-10-17-14/h2-8,10H,9,11-12H2,1H3,(H2,18,19,20). The minimum absolute atomic E-state index is 0.179. The van der Waals surface area contributed by atoms with Gasteiger partial charge in [-0.05, 0) is 29.8 Å². The highest BCUT2D eigenvalue weighted by Gasteiger charge is 2.01. The second kappa shape index (κ2) is 7.89. The van der Waals surface area contributed by atoms with Crippen molar-refractivity contribution < 1.29 is 9.53 Å². The number of nitrogens with zero attached hydrogens (tertiary/aromatic N) is 1. The number of pyridine rings is 1. The first kappa shape index (κ1) is 14.8. The first-order valence-corrected chi connectivity index (χ1v) is 6.82. The third-order valence-electron chi connectivity index (χ3n) is 3.00. The summed E-state index contributed by atoms with van der Waals surface area (Å²) in [5.41, 5.74) is 1.99. The van der Waals surface area contributed by atoms with Gasteiger partial charge in [-0.25, -0.2) is 4.79 Å². The molecule has 0 aliphatic carbocycles. The van der Waals surface area contributed by atoms with Gasteiger partial charge in [0, 0.05) is 31.4 Å². The highest BCUT2D eigenvalue weighted by molar-refractivity contribution is 5.73. The fourth-order valence-corrected chi connectivity index (χ4v) is 1.84. The third kappa shape index (κ3) is 5.14. The molecule has 21 heavy (non-hydrogen) atoms. The molecule has 0 fully saturated rings. The highest BCUT2D eigenvalue weighted by Crippen LogP contribution is 2.10. The van der Waals surface area contributed by atoms with E-state index in [0.717, 1.165) is 23.4 Å². The second-order valence-corrected chi connectivity index (χ2v) is 4.53. The van der Waals surface area contributed by atoms with E-state index in [2.05, 4.69) is 15.6 Å². The van der Waals surface area contributed by atoms with E-state index in [0.29, 0.717) is 13.1 Å². The van der Waals surface area contributed by atoms with Crippen LogP contribution >= 0.6 is 0 Å². The zero-order valence-electron chi connectivity index (χ0n) is 12.0. The molecule has 5 heteroatoms. The quantitative estimate of drug-likeness (QED) is 0.854. The summed E-state index contributed by atoms with van der Waals surface area (Å²) in [7, 11) is 1.63. The van der Waals surface area contributed by atoms with E-state index in [1.54, 1.807) is 13.3 Å². The Bertz CT molecular complexity index is 555. The summed E-state index contributed by atoms with van der Waals surface area (Å²) in [4.78, 5) is 15.9. The maximum atomic E-state index is 11.7. The molecule has 0 aliphatic heterocycles. The number of carbonyl (C=O) groups is 1. The van der Waals surface area contributed by atoms with Crippen LogP contribution in [0.5, 0.6) is 5.75 Å². The summed E-state index contributed by atoms with van der Waals surface area (Å²) in [6, 6.07) is 13.2. The zero-order valence-corrected chi connectivity index (χ0v) is 12.0. The van der Waals surface area contributed by atoms with Gasteiger partial charge in [-0.1, -0.05) is 18.2 Å². The van der Waals surface area contributed by atoms with Crippen LogP contribution < -0.4 is 15.4 Å². The molecule has 0 saturated carbocycles. The summed E-state index contributed by atoms with van der Waals surface area (Å²) in [5, 5.41) is 5.62. The van der Waals surface area contributed by atoms with E-state index in [1.165, 1.54) is 0 Å². The Hall–Kier alpha value is -2.56. The topological polar surface area (TPSA) is 63.2 Å². The van der Waals surface area contributed by atoms with Gasteiger partial charge < -0.3 is 15.4 Å². The van der Waals surface area contributed by atoms with Crippen molar-refractivity contribution in [2.24, 2.45) is 0 Å². The molecule has 2 rings (SSSR count). The predicted molar refractivity (Wildman–Crippen MR) is 81.2 cm³/mol. The average Bonchev–Trinajstić information content (AvgIpc) is 2.54. The van der Waals surface area contributed by atoms with Gasteiger partial charge in [0.25, 0.3) is 0 Å². The van der Waals surface area contributed by atoms with Crippen LogP contribution in [-0.4, -0.2) is 24.7 Å². The molecule has 0 aliphatic rings. The van der Waals surface area contributed by atoms with E-state index in [-0.39, 0.29) is 6.03 Å². The summed E-state index contributed by atoms with van der Waals surface area (Å²) in [6.07, 6.45) is 2.47. The fourth-order valence-electron chi connectivity index (χ4n) is 1.84. The Morgan fingerprint density at radius 1 is 1.14 bits per heavy atom. The van der Waals surface area contributed by atoms with Crippen molar-refractivity contribution in [3.63, 3.8) is 0 Å². The van der Waals surface area contributed by atoms with E-state index in [4.69, 9.17) is 4.74 Å². The van der Waals surface area contributed by atoms with Crippen molar-refractivity contribution in [2.45, 2.75) is 13.0 Å². The van der Waals surface area contributed by atoms with Crippen LogP contribution in [0.4, 0.5) is 4.79 Å². The number of rotatable bonds is 6. The average molecular weight is 285 g/mol. The van der Waals surface area contributed by atoms with Crippen LogP contribution in [0.2, 0.25) is 0 Å². The van der Waals surface area contributed by atoms with Gasteiger partial charge in [0.2, 0.25) is 0 Å².